The van der Waals surface area contributed by atoms with Gasteiger partial charge in [-0.1, -0.05) is 56.3 Å². The number of benzene rings is 2. The Bertz CT molecular complexity index is 858. The van der Waals surface area contributed by atoms with E-state index in [4.69, 9.17) is 9.31 Å². The summed E-state index contributed by atoms with van der Waals surface area (Å²) in [7, 11) is -0.555. The maximum atomic E-state index is 13.4. The van der Waals surface area contributed by atoms with Crippen molar-refractivity contribution in [3.8, 4) is 0 Å². The van der Waals surface area contributed by atoms with Gasteiger partial charge in [-0.15, -0.1) is 0 Å². The second-order valence-corrected chi connectivity index (χ2v) is 9.80. The molecule has 3 nitrogen and oxygen atoms in total. The third-order valence-electron chi connectivity index (χ3n) is 5.97. The SMILES string of the molecule is CCSCc1ccc(C(=O)c2ccc(CC)cc2)c(B2OC(C)(C)C(C)(C)O2)c1. The Kier molecular flexibility index (Phi) is 6.62. The molecule has 0 unspecified atom stereocenters. The Balaban J connectivity index is 2.01. The minimum Gasteiger partial charge on any atom is -0.399 e. The largest absolute Gasteiger partial charge is 0.495 e. The predicted molar refractivity (Wildman–Crippen MR) is 123 cm³/mol. The fraction of sp³-hybridized carbons (Fsp3) is 0.458. The van der Waals surface area contributed by atoms with Gasteiger partial charge in [0.05, 0.1) is 11.2 Å². The van der Waals surface area contributed by atoms with E-state index >= 15 is 0 Å². The van der Waals surface area contributed by atoms with Gasteiger partial charge in [-0.2, -0.15) is 11.8 Å². The Morgan fingerprint density at radius 3 is 2.07 bits per heavy atom. The number of carbonyl (C=O) groups is 1. The first kappa shape index (κ1) is 22.1. The molecule has 154 valence electrons. The molecular formula is C24H31BO3S. The van der Waals surface area contributed by atoms with Crippen LogP contribution >= 0.6 is 11.8 Å². The number of rotatable bonds is 7. The minimum absolute atomic E-state index is 0.00654. The van der Waals surface area contributed by atoms with Crippen LogP contribution in [0.5, 0.6) is 0 Å². The summed E-state index contributed by atoms with van der Waals surface area (Å²) in [6.07, 6.45) is 0.956. The molecule has 2 aromatic rings. The van der Waals surface area contributed by atoms with E-state index in [0.29, 0.717) is 11.1 Å². The van der Waals surface area contributed by atoms with Crippen molar-refractivity contribution >= 4 is 30.1 Å². The Morgan fingerprint density at radius 2 is 1.52 bits per heavy atom. The monoisotopic (exact) mass is 410 g/mol. The van der Waals surface area contributed by atoms with Crippen molar-refractivity contribution < 1.29 is 14.1 Å². The summed E-state index contributed by atoms with van der Waals surface area (Å²) in [5, 5.41) is 0. The smallest absolute Gasteiger partial charge is 0.399 e. The van der Waals surface area contributed by atoms with Crippen molar-refractivity contribution in [2.75, 3.05) is 5.75 Å². The first-order valence-corrected chi connectivity index (χ1v) is 11.5. The van der Waals surface area contributed by atoms with Crippen molar-refractivity contribution in [3.05, 3.63) is 64.7 Å². The van der Waals surface area contributed by atoms with Crippen LogP contribution in [0.25, 0.3) is 0 Å². The molecule has 1 heterocycles. The first-order chi connectivity index (χ1) is 13.7. The Labute approximate surface area is 179 Å². The molecule has 0 atom stereocenters. The van der Waals surface area contributed by atoms with Crippen LogP contribution in [0.2, 0.25) is 0 Å². The molecule has 2 aromatic carbocycles. The number of thioether (sulfide) groups is 1. The molecule has 0 spiro atoms. The maximum absolute atomic E-state index is 13.4. The summed E-state index contributed by atoms with van der Waals surface area (Å²) >= 11 is 1.86. The van der Waals surface area contributed by atoms with E-state index in [1.807, 2.05) is 75.9 Å². The fourth-order valence-corrected chi connectivity index (χ4v) is 3.96. The van der Waals surface area contributed by atoms with Gasteiger partial charge in [-0.25, -0.2) is 0 Å². The average Bonchev–Trinajstić information content (AvgIpc) is 2.93. The molecule has 1 saturated heterocycles. The Hall–Kier alpha value is -1.56. The summed E-state index contributed by atoms with van der Waals surface area (Å²) in [4.78, 5) is 13.4. The normalized spacial score (nSPS) is 17.5. The molecule has 29 heavy (non-hydrogen) atoms. The summed E-state index contributed by atoms with van der Waals surface area (Å²) in [6.45, 7) is 12.4. The van der Waals surface area contributed by atoms with Crippen LogP contribution in [0, 0.1) is 0 Å². The molecule has 0 amide bonds. The molecule has 0 N–H and O–H groups in total. The summed E-state index contributed by atoms with van der Waals surface area (Å²) in [5.41, 5.74) is 3.67. The quantitative estimate of drug-likeness (QED) is 0.474. The third kappa shape index (κ3) is 4.63. The van der Waals surface area contributed by atoms with E-state index in [0.717, 1.165) is 23.4 Å². The highest BCUT2D eigenvalue weighted by atomic mass is 32.2. The van der Waals surface area contributed by atoms with Gasteiger partial charge < -0.3 is 9.31 Å². The van der Waals surface area contributed by atoms with Gasteiger partial charge in [0.1, 0.15) is 0 Å². The standard InChI is InChI=1S/C24H31BO3S/c1-7-17-9-12-19(13-10-17)22(26)20-14-11-18(16-29-8-2)15-21(20)25-27-23(3,4)24(5,6)28-25/h9-15H,7-8,16H2,1-6H3. The highest BCUT2D eigenvalue weighted by Gasteiger charge is 2.52. The Morgan fingerprint density at radius 1 is 0.931 bits per heavy atom. The van der Waals surface area contributed by atoms with Crippen molar-refractivity contribution in [1.82, 2.24) is 0 Å². The number of aryl methyl sites for hydroxylation is 1. The van der Waals surface area contributed by atoms with Crippen LogP contribution in [0.1, 0.15) is 68.6 Å². The molecular weight excluding hydrogens is 379 g/mol. The zero-order valence-corrected chi connectivity index (χ0v) is 19.2. The van der Waals surface area contributed by atoms with Crippen molar-refractivity contribution in [1.29, 1.82) is 0 Å². The summed E-state index contributed by atoms with van der Waals surface area (Å²) in [6, 6.07) is 13.9. The van der Waals surface area contributed by atoms with Crippen LogP contribution in [-0.2, 0) is 21.5 Å². The molecule has 1 aliphatic rings. The van der Waals surface area contributed by atoms with Gasteiger partial charge in [0.25, 0.3) is 0 Å². The molecule has 0 saturated carbocycles. The van der Waals surface area contributed by atoms with Crippen molar-refractivity contribution in [2.24, 2.45) is 0 Å². The highest BCUT2D eigenvalue weighted by Crippen LogP contribution is 2.37. The minimum atomic E-state index is -0.555. The first-order valence-electron chi connectivity index (χ1n) is 10.4. The van der Waals surface area contributed by atoms with E-state index in [1.165, 1.54) is 11.1 Å². The van der Waals surface area contributed by atoms with Gasteiger partial charge in [0, 0.05) is 16.9 Å². The molecule has 0 bridgehead atoms. The lowest BCUT2D eigenvalue weighted by Gasteiger charge is -2.32. The maximum Gasteiger partial charge on any atom is 0.495 e. The van der Waals surface area contributed by atoms with Gasteiger partial charge in [-0.05, 0) is 56.5 Å². The topological polar surface area (TPSA) is 35.5 Å². The van der Waals surface area contributed by atoms with Crippen molar-refractivity contribution in [3.63, 3.8) is 0 Å². The lowest BCUT2D eigenvalue weighted by molar-refractivity contribution is 0.00578. The molecule has 3 rings (SSSR count). The van der Waals surface area contributed by atoms with Crippen LogP contribution in [0.3, 0.4) is 0 Å². The van der Waals surface area contributed by atoms with Gasteiger partial charge in [0.15, 0.2) is 5.78 Å². The average molecular weight is 410 g/mol. The predicted octanol–water partition coefficient (Wildman–Crippen LogP) is 5.03. The molecule has 0 aliphatic carbocycles. The number of ketones is 1. The van der Waals surface area contributed by atoms with E-state index in [1.54, 1.807) is 0 Å². The van der Waals surface area contributed by atoms with E-state index < -0.39 is 18.3 Å². The van der Waals surface area contributed by atoms with Crippen LogP contribution in [0.4, 0.5) is 0 Å². The lowest BCUT2D eigenvalue weighted by Crippen LogP contribution is -2.41. The van der Waals surface area contributed by atoms with Gasteiger partial charge in [-0.3, -0.25) is 4.79 Å². The zero-order valence-electron chi connectivity index (χ0n) is 18.4. The van der Waals surface area contributed by atoms with Gasteiger partial charge in [0.2, 0.25) is 0 Å². The highest BCUT2D eigenvalue weighted by molar-refractivity contribution is 7.98. The van der Waals surface area contributed by atoms with Crippen LogP contribution in [0.15, 0.2) is 42.5 Å². The number of carbonyl (C=O) groups excluding carboxylic acids is 1. The van der Waals surface area contributed by atoms with Gasteiger partial charge >= 0.3 is 7.12 Å². The second-order valence-electron chi connectivity index (χ2n) is 8.53. The fourth-order valence-electron chi connectivity index (χ4n) is 3.34. The van der Waals surface area contributed by atoms with Crippen LogP contribution < -0.4 is 5.46 Å². The van der Waals surface area contributed by atoms with Crippen LogP contribution in [-0.4, -0.2) is 29.9 Å². The number of hydrogen-bond donors (Lipinski definition) is 0. The third-order valence-corrected chi connectivity index (χ3v) is 6.91. The lowest BCUT2D eigenvalue weighted by atomic mass is 9.73. The molecule has 1 aliphatic heterocycles. The summed E-state index contributed by atoms with van der Waals surface area (Å²) < 4.78 is 12.6. The van der Waals surface area contributed by atoms with E-state index in [9.17, 15) is 4.79 Å². The van der Waals surface area contributed by atoms with E-state index in [-0.39, 0.29) is 5.78 Å². The number of hydrogen-bond acceptors (Lipinski definition) is 4. The van der Waals surface area contributed by atoms with Crippen molar-refractivity contribution in [2.45, 2.75) is 64.9 Å². The molecule has 0 aromatic heterocycles. The zero-order chi connectivity index (χ0) is 21.2. The summed E-state index contributed by atoms with van der Waals surface area (Å²) in [5.74, 6) is 1.96. The van der Waals surface area contributed by atoms with E-state index in [2.05, 4.69) is 19.9 Å². The molecule has 1 fully saturated rings. The molecule has 5 heteroatoms. The second kappa shape index (κ2) is 8.67. The molecule has 0 radical (unpaired) electrons.